The van der Waals surface area contributed by atoms with Gasteiger partial charge in [0.05, 0.1) is 24.9 Å². The molecule has 2 aromatic carbocycles. The third-order valence-corrected chi connectivity index (χ3v) is 6.27. The van der Waals surface area contributed by atoms with Gasteiger partial charge in [-0.25, -0.2) is 0 Å². The Bertz CT molecular complexity index is 1070. The lowest BCUT2D eigenvalue weighted by Crippen LogP contribution is -2.56. The Morgan fingerprint density at radius 2 is 1.68 bits per heavy atom. The predicted octanol–water partition coefficient (Wildman–Crippen LogP) is 3.14. The molecule has 2 amide bonds. The molecule has 1 aliphatic rings. The van der Waals surface area contributed by atoms with Gasteiger partial charge in [0.1, 0.15) is 5.75 Å². The molecule has 176 valence electrons. The fourth-order valence-corrected chi connectivity index (χ4v) is 4.57. The maximum Gasteiger partial charge on any atom is 0.255 e. The number of aromatic nitrogens is 1. The van der Waals surface area contributed by atoms with Gasteiger partial charge in [-0.3, -0.25) is 19.5 Å². The Hall–Kier alpha value is -3.71. The van der Waals surface area contributed by atoms with Crippen LogP contribution in [0.1, 0.15) is 33.9 Å². The summed E-state index contributed by atoms with van der Waals surface area (Å²) in [6.07, 6.45) is 3.43. The fraction of sp³-hybridized carbons (Fsp3) is 0.296. The molecule has 1 atom stereocenters. The third-order valence-electron chi connectivity index (χ3n) is 6.27. The number of nitrogens with one attached hydrogen (secondary N) is 1. The van der Waals surface area contributed by atoms with Gasteiger partial charge in [-0.1, -0.05) is 60.7 Å². The van der Waals surface area contributed by atoms with Crippen molar-refractivity contribution in [1.29, 1.82) is 0 Å². The zero-order chi connectivity index (χ0) is 23.9. The first-order valence-electron chi connectivity index (χ1n) is 11.4. The average molecular weight is 459 g/mol. The van der Waals surface area contributed by atoms with Crippen molar-refractivity contribution in [1.82, 2.24) is 20.1 Å². The van der Waals surface area contributed by atoms with Crippen LogP contribution in [0.15, 0.2) is 79.1 Å². The summed E-state index contributed by atoms with van der Waals surface area (Å²) in [5.74, 6) is 0.385. The number of benzene rings is 2. The van der Waals surface area contributed by atoms with Crippen LogP contribution in [0.3, 0.4) is 0 Å². The summed E-state index contributed by atoms with van der Waals surface area (Å²) in [4.78, 5) is 34.1. The molecule has 1 aliphatic heterocycles. The molecule has 0 bridgehead atoms. The van der Waals surface area contributed by atoms with Crippen LogP contribution in [0.5, 0.6) is 5.75 Å². The monoisotopic (exact) mass is 458 g/mol. The highest BCUT2D eigenvalue weighted by molar-refractivity contribution is 5.94. The van der Waals surface area contributed by atoms with Crippen molar-refractivity contribution >= 4 is 11.8 Å². The lowest BCUT2D eigenvalue weighted by molar-refractivity contribution is -0.122. The van der Waals surface area contributed by atoms with Gasteiger partial charge < -0.3 is 15.0 Å². The van der Waals surface area contributed by atoms with Gasteiger partial charge >= 0.3 is 0 Å². The molecule has 1 fully saturated rings. The Kier molecular flexibility index (Phi) is 7.54. The molecule has 1 unspecified atom stereocenters. The second-order valence-corrected chi connectivity index (χ2v) is 8.36. The molecular formula is C27H30N4O3. The van der Waals surface area contributed by atoms with Crippen molar-refractivity contribution in [3.63, 3.8) is 0 Å². The SMILES string of the molecule is CNC(=O)CC1CN(C(=O)c2cncc(OC)c2)CCN1C(c1ccccc1)c1ccccc1. The number of methoxy groups -OCH3 is 1. The minimum Gasteiger partial charge on any atom is -0.495 e. The van der Waals surface area contributed by atoms with E-state index in [1.165, 1.54) is 0 Å². The van der Waals surface area contributed by atoms with Crippen LogP contribution < -0.4 is 10.1 Å². The normalized spacial score (nSPS) is 16.3. The minimum absolute atomic E-state index is 0.0206. The van der Waals surface area contributed by atoms with Crippen LogP contribution in [0.4, 0.5) is 0 Å². The van der Waals surface area contributed by atoms with Crippen molar-refractivity contribution in [2.24, 2.45) is 0 Å². The number of hydrogen-bond donors (Lipinski definition) is 1. The van der Waals surface area contributed by atoms with Crippen LogP contribution in [-0.2, 0) is 4.79 Å². The topological polar surface area (TPSA) is 74.8 Å². The second kappa shape index (κ2) is 10.9. The molecule has 3 aromatic rings. The summed E-state index contributed by atoms with van der Waals surface area (Å²) in [6, 6.07) is 22.2. The maximum absolute atomic E-state index is 13.3. The summed E-state index contributed by atoms with van der Waals surface area (Å²) in [6.45, 7) is 1.63. The molecule has 1 aromatic heterocycles. The van der Waals surface area contributed by atoms with E-state index in [1.54, 1.807) is 32.6 Å². The molecule has 4 rings (SSSR count). The first kappa shape index (κ1) is 23.4. The largest absolute Gasteiger partial charge is 0.495 e. The molecule has 7 nitrogen and oxygen atoms in total. The highest BCUT2D eigenvalue weighted by Crippen LogP contribution is 2.33. The third kappa shape index (κ3) is 5.26. The predicted molar refractivity (Wildman–Crippen MR) is 131 cm³/mol. The molecule has 0 saturated carbocycles. The van der Waals surface area contributed by atoms with Gasteiger partial charge in [0.15, 0.2) is 0 Å². The minimum atomic E-state index is -0.151. The molecular weight excluding hydrogens is 428 g/mol. The van der Waals surface area contributed by atoms with E-state index in [0.29, 0.717) is 37.4 Å². The first-order valence-corrected chi connectivity index (χ1v) is 11.4. The van der Waals surface area contributed by atoms with Crippen molar-refractivity contribution in [3.8, 4) is 5.75 Å². The van der Waals surface area contributed by atoms with Gasteiger partial charge in [-0.2, -0.15) is 0 Å². The summed E-state index contributed by atoms with van der Waals surface area (Å²) >= 11 is 0. The zero-order valence-corrected chi connectivity index (χ0v) is 19.6. The molecule has 0 radical (unpaired) electrons. The lowest BCUT2D eigenvalue weighted by atomic mass is 9.93. The zero-order valence-electron chi connectivity index (χ0n) is 19.6. The van der Waals surface area contributed by atoms with Crippen LogP contribution in [-0.4, -0.2) is 66.4 Å². The van der Waals surface area contributed by atoms with Crippen molar-refractivity contribution in [2.45, 2.75) is 18.5 Å². The van der Waals surface area contributed by atoms with Gasteiger partial charge in [-0.05, 0) is 17.2 Å². The second-order valence-electron chi connectivity index (χ2n) is 8.36. The van der Waals surface area contributed by atoms with Gasteiger partial charge in [0.25, 0.3) is 5.91 Å². The Morgan fingerprint density at radius 3 is 2.26 bits per heavy atom. The number of ether oxygens (including phenoxy) is 1. The summed E-state index contributed by atoms with van der Waals surface area (Å²) in [5, 5.41) is 2.75. The van der Waals surface area contributed by atoms with E-state index >= 15 is 0 Å². The summed E-state index contributed by atoms with van der Waals surface area (Å²) in [7, 11) is 3.20. The number of carbonyl (C=O) groups is 2. The molecule has 7 heteroatoms. The first-order chi connectivity index (χ1) is 16.6. The number of amides is 2. The number of piperazine rings is 1. The summed E-state index contributed by atoms with van der Waals surface area (Å²) in [5.41, 5.74) is 2.80. The maximum atomic E-state index is 13.3. The van der Waals surface area contributed by atoms with Gasteiger partial charge in [0.2, 0.25) is 5.91 Å². The van der Waals surface area contributed by atoms with E-state index in [1.807, 2.05) is 41.3 Å². The number of carbonyl (C=O) groups excluding carboxylic acids is 2. The van der Waals surface area contributed by atoms with Crippen LogP contribution in [0, 0.1) is 0 Å². The van der Waals surface area contributed by atoms with E-state index in [9.17, 15) is 9.59 Å². The van der Waals surface area contributed by atoms with Crippen LogP contribution in [0.2, 0.25) is 0 Å². The number of rotatable bonds is 7. The Morgan fingerprint density at radius 1 is 1.03 bits per heavy atom. The highest BCUT2D eigenvalue weighted by atomic mass is 16.5. The van der Waals surface area contributed by atoms with Crippen LogP contribution >= 0.6 is 0 Å². The summed E-state index contributed by atoms with van der Waals surface area (Å²) < 4.78 is 5.23. The number of nitrogens with zero attached hydrogens (tertiary/aromatic N) is 3. The van der Waals surface area contributed by atoms with Crippen molar-refractivity contribution in [3.05, 3.63) is 95.8 Å². The average Bonchev–Trinajstić information content (AvgIpc) is 2.90. The van der Waals surface area contributed by atoms with Crippen molar-refractivity contribution in [2.75, 3.05) is 33.8 Å². The smallest absolute Gasteiger partial charge is 0.255 e. The molecule has 34 heavy (non-hydrogen) atoms. The van der Waals surface area contributed by atoms with Crippen LogP contribution in [0.25, 0.3) is 0 Å². The molecule has 1 N–H and O–H groups in total. The molecule has 2 heterocycles. The van der Waals surface area contributed by atoms with E-state index in [2.05, 4.69) is 39.5 Å². The fourth-order valence-electron chi connectivity index (χ4n) is 4.57. The standard InChI is InChI=1S/C27H30N4O3/c1-28-25(32)16-23-19-30(27(33)22-15-24(34-2)18-29-17-22)13-14-31(23)26(20-9-5-3-6-10-20)21-11-7-4-8-12-21/h3-12,15,17-18,23,26H,13-14,16,19H2,1-2H3,(H,28,32). The van der Waals surface area contributed by atoms with Gasteiger partial charge in [0, 0.05) is 45.3 Å². The molecule has 1 saturated heterocycles. The van der Waals surface area contributed by atoms with E-state index in [0.717, 1.165) is 11.1 Å². The number of pyridine rings is 1. The quantitative estimate of drug-likeness (QED) is 0.589. The Balaban J connectivity index is 1.65. The number of hydrogen-bond acceptors (Lipinski definition) is 5. The van der Waals surface area contributed by atoms with E-state index < -0.39 is 0 Å². The Labute approximate surface area is 200 Å². The van der Waals surface area contributed by atoms with Crippen molar-refractivity contribution < 1.29 is 14.3 Å². The lowest BCUT2D eigenvalue weighted by Gasteiger charge is -2.45. The van der Waals surface area contributed by atoms with E-state index in [-0.39, 0.29) is 23.9 Å². The molecule has 0 spiro atoms. The molecule has 0 aliphatic carbocycles. The highest BCUT2D eigenvalue weighted by Gasteiger charge is 2.36. The van der Waals surface area contributed by atoms with Gasteiger partial charge in [-0.15, -0.1) is 0 Å². The van der Waals surface area contributed by atoms with E-state index in [4.69, 9.17) is 4.74 Å².